The summed E-state index contributed by atoms with van der Waals surface area (Å²) >= 11 is 0. The summed E-state index contributed by atoms with van der Waals surface area (Å²) in [7, 11) is 0. The topological polar surface area (TPSA) is 76.7 Å². The monoisotopic (exact) mass is 418 g/mol. The van der Waals surface area contributed by atoms with E-state index in [9.17, 15) is 9.59 Å². The maximum absolute atomic E-state index is 12.8. The molecule has 0 bridgehead atoms. The molecule has 0 fully saturated rings. The van der Waals surface area contributed by atoms with Crippen molar-refractivity contribution in [3.8, 4) is 11.5 Å². The zero-order valence-corrected chi connectivity index (χ0v) is 17.6. The van der Waals surface area contributed by atoms with E-state index < -0.39 is 0 Å². The molecular weight excluding hydrogens is 392 g/mol. The Labute approximate surface area is 182 Å². The maximum atomic E-state index is 12.8. The van der Waals surface area contributed by atoms with Gasteiger partial charge in [-0.15, -0.1) is 0 Å². The zero-order valence-electron chi connectivity index (χ0n) is 17.6. The van der Waals surface area contributed by atoms with Crippen LogP contribution in [0.2, 0.25) is 0 Å². The Morgan fingerprint density at radius 1 is 0.774 bits per heavy atom. The van der Waals surface area contributed by atoms with Gasteiger partial charge in [0.15, 0.2) is 0 Å². The highest BCUT2D eigenvalue weighted by Crippen LogP contribution is 2.20. The smallest absolute Gasteiger partial charge is 0.259 e. The first-order valence-electron chi connectivity index (χ1n) is 10.1. The van der Waals surface area contributed by atoms with Crippen LogP contribution >= 0.6 is 0 Å². The number of nitrogens with one attached hydrogen (secondary N) is 2. The van der Waals surface area contributed by atoms with E-state index in [-0.39, 0.29) is 17.9 Å². The van der Waals surface area contributed by atoms with Crippen LogP contribution in [0.15, 0.2) is 78.9 Å². The number of amides is 2. The molecule has 0 aliphatic carbocycles. The first-order valence-corrected chi connectivity index (χ1v) is 10.1. The number of carbonyl (C=O) groups excluding carboxylic acids is 2. The lowest BCUT2D eigenvalue weighted by Gasteiger charge is -2.13. The number of carbonyl (C=O) groups is 2. The van der Waals surface area contributed by atoms with Gasteiger partial charge in [-0.2, -0.15) is 0 Å². The van der Waals surface area contributed by atoms with Gasteiger partial charge in [0.1, 0.15) is 24.7 Å². The van der Waals surface area contributed by atoms with Crippen LogP contribution in [0, 0.1) is 0 Å². The van der Waals surface area contributed by atoms with E-state index in [1.54, 1.807) is 42.5 Å². The average molecular weight is 418 g/mol. The zero-order chi connectivity index (χ0) is 22.1. The van der Waals surface area contributed by atoms with Crippen LogP contribution in [0.3, 0.4) is 0 Å². The molecule has 0 aromatic heterocycles. The van der Waals surface area contributed by atoms with Crippen molar-refractivity contribution in [1.82, 2.24) is 5.32 Å². The summed E-state index contributed by atoms with van der Waals surface area (Å²) in [4.78, 5) is 24.8. The SMILES string of the molecule is CC(C)NC(=O)c1ccc(NC(=O)c2ccccc2OCCOc2ccccc2)cc1. The van der Waals surface area contributed by atoms with Gasteiger partial charge >= 0.3 is 0 Å². The average Bonchev–Trinajstić information content (AvgIpc) is 2.77. The molecule has 160 valence electrons. The van der Waals surface area contributed by atoms with Crippen LogP contribution < -0.4 is 20.1 Å². The minimum Gasteiger partial charge on any atom is -0.490 e. The van der Waals surface area contributed by atoms with Gasteiger partial charge in [-0.05, 0) is 62.4 Å². The highest BCUT2D eigenvalue weighted by Gasteiger charge is 2.13. The van der Waals surface area contributed by atoms with Crippen molar-refractivity contribution in [3.63, 3.8) is 0 Å². The van der Waals surface area contributed by atoms with Gasteiger partial charge in [-0.1, -0.05) is 30.3 Å². The molecule has 0 heterocycles. The lowest BCUT2D eigenvalue weighted by molar-refractivity contribution is 0.0942. The number of benzene rings is 3. The fourth-order valence-electron chi connectivity index (χ4n) is 2.86. The summed E-state index contributed by atoms with van der Waals surface area (Å²) in [6, 6.07) is 23.3. The third kappa shape index (κ3) is 6.60. The predicted octanol–water partition coefficient (Wildman–Crippen LogP) is 4.53. The number of rotatable bonds is 9. The second-order valence-corrected chi connectivity index (χ2v) is 7.17. The third-order valence-electron chi connectivity index (χ3n) is 4.31. The first-order chi connectivity index (χ1) is 15.0. The molecule has 3 rings (SSSR count). The molecule has 6 heteroatoms. The molecule has 31 heavy (non-hydrogen) atoms. The third-order valence-corrected chi connectivity index (χ3v) is 4.31. The molecule has 3 aromatic carbocycles. The predicted molar refractivity (Wildman–Crippen MR) is 121 cm³/mol. The molecule has 0 saturated carbocycles. The number of anilines is 1. The largest absolute Gasteiger partial charge is 0.490 e. The van der Waals surface area contributed by atoms with E-state index in [0.29, 0.717) is 35.8 Å². The van der Waals surface area contributed by atoms with E-state index in [0.717, 1.165) is 5.75 Å². The minimum atomic E-state index is -0.293. The van der Waals surface area contributed by atoms with Gasteiger partial charge in [-0.3, -0.25) is 9.59 Å². The summed E-state index contributed by atoms with van der Waals surface area (Å²) in [5, 5.41) is 5.67. The standard InChI is InChI=1S/C25H26N2O4/c1-18(2)26-24(28)19-12-14-20(15-13-19)27-25(29)22-10-6-7-11-23(22)31-17-16-30-21-8-4-3-5-9-21/h3-15,18H,16-17H2,1-2H3,(H,26,28)(H,27,29). The lowest BCUT2D eigenvalue weighted by Crippen LogP contribution is -2.30. The molecule has 0 aliphatic rings. The number of para-hydroxylation sites is 2. The molecule has 0 saturated heterocycles. The van der Waals surface area contributed by atoms with Crippen molar-refractivity contribution in [1.29, 1.82) is 0 Å². The van der Waals surface area contributed by atoms with Gasteiger partial charge in [0.2, 0.25) is 0 Å². The molecule has 3 aromatic rings. The number of hydrogen-bond donors (Lipinski definition) is 2. The van der Waals surface area contributed by atoms with Crippen molar-refractivity contribution < 1.29 is 19.1 Å². The number of hydrogen-bond acceptors (Lipinski definition) is 4. The van der Waals surface area contributed by atoms with E-state index in [1.165, 1.54) is 0 Å². The highest BCUT2D eigenvalue weighted by atomic mass is 16.5. The van der Waals surface area contributed by atoms with Crippen LogP contribution in [-0.4, -0.2) is 31.1 Å². The maximum Gasteiger partial charge on any atom is 0.259 e. The Balaban J connectivity index is 1.57. The van der Waals surface area contributed by atoms with E-state index in [1.807, 2.05) is 50.2 Å². The Bertz CT molecular complexity index is 1000. The highest BCUT2D eigenvalue weighted by molar-refractivity contribution is 6.06. The summed E-state index contributed by atoms with van der Waals surface area (Å²) in [6.45, 7) is 4.47. The summed E-state index contributed by atoms with van der Waals surface area (Å²) in [6.07, 6.45) is 0. The Kier molecular flexibility index (Phi) is 7.65. The van der Waals surface area contributed by atoms with Gasteiger partial charge in [0.05, 0.1) is 5.56 Å². The fraction of sp³-hybridized carbons (Fsp3) is 0.200. The first kappa shape index (κ1) is 21.9. The lowest BCUT2D eigenvalue weighted by atomic mass is 10.1. The molecule has 2 N–H and O–H groups in total. The number of ether oxygens (including phenoxy) is 2. The molecule has 0 spiro atoms. The Morgan fingerprint density at radius 2 is 1.42 bits per heavy atom. The second kappa shape index (κ2) is 10.8. The van der Waals surface area contributed by atoms with Crippen molar-refractivity contribution in [2.75, 3.05) is 18.5 Å². The summed E-state index contributed by atoms with van der Waals surface area (Å²) in [5.41, 5.74) is 1.55. The molecule has 0 atom stereocenters. The van der Waals surface area contributed by atoms with Crippen molar-refractivity contribution in [3.05, 3.63) is 90.0 Å². The van der Waals surface area contributed by atoms with Crippen LogP contribution in [0.4, 0.5) is 5.69 Å². The Hall–Kier alpha value is -3.80. The quantitative estimate of drug-likeness (QED) is 0.501. The van der Waals surface area contributed by atoms with Gasteiger partial charge in [-0.25, -0.2) is 0 Å². The van der Waals surface area contributed by atoms with Crippen LogP contribution in [0.1, 0.15) is 34.6 Å². The van der Waals surface area contributed by atoms with E-state index in [2.05, 4.69) is 10.6 Å². The normalized spacial score (nSPS) is 10.4. The van der Waals surface area contributed by atoms with Crippen LogP contribution in [0.5, 0.6) is 11.5 Å². The second-order valence-electron chi connectivity index (χ2n) is 7.17. The summed E-state index contributed by atoms with van der Waals surface area (Å²) in [5.74, 6) is 0.801. The van der Waals surface area contributed by atoms with Gasteiger partial charge < -0.3 is 20.1 Å². The minimum absolute atomic E-state index is 0.0569. The van der Waals surface area contributed by atoms with Gasteiger partial charge in [0.25, 0.3) is 11.8 Å². The van der Waals surface area contributed by atoms with E-state index in [4.69, 9.17) is 9.47 Å². The fourth-order valence-corrected chi connectivity index (χ4v) is 2.86. The molecule has 0 aliphatic heterocycles. The van der Waals surface area contributed by atoms with Gasteiger partial charge in [0, 0.05) is 17.3 Å². The van der Waals surface area contributed by atoms with Crippen LogP contribution in [0.25, 0.3) is 0 Å². The Morgan fingerprint density at radius 3 is 2.13 bits per heavy atom. The molecule has 2 amide bonds. The molecule has 0 unspecified atom stereocenters. The molecular formula is C25H26N2O4. The van der Waals surface area contributed by atoms with Crippen molar-refractivity contribution in [2.24, 2.45) is 0 Å². The summed E-state index contributed by atoms with van der Waals surface area (Å²) < 4.78 is 11.4. The molecule has 0 radical (unpaired) electrons. The van der Waals surface area contributed by atoms with Crippen molar-refractivity contribution >= 4 is 17.5 Å². The van der Waals surface area contributed by atoms with Crippen molar-refractivity contribution in [2.45, 2.75) is 19.9 Å². The van der Waals surface area contributed by atoms with E-state index >= 15 is 0 Å². The van der Waals surface area contributed by atoms with Crippen LogP contribution in [-0.2, 0) is 0 Å². The molecule has 6 nitrogen and oxygen atoms in total.